The Morgan fingerprint density at radius 3 is 2.26 bits per heavy atom. The van der Waals surface area contributed by atoms with Crippen LogP contribution in [-0.2, 0) is 21.2 Å². The summed E-state index contributed by atoms with van der Waals surface area (Å²) in [7, 11) is -3.75. The second kappa shape index (κ2) is 10.5. The van der Waals surface area contributed by atoms with Gasteiger partial charge in [-0.1, -0.05) is 30.3 Å². The Hall–Kier alpha value is -3.94. The molecule has 2 aromatic carbocycles. The first kappa shape index (κ1) is 24.2. The zero-order valence-electron chi connectivity index (χ0n) is 18.8. The number of furan rings is 1. The van der Waals surface area contributed by atoms with E-state index in [1.165, 1.54) is 40.9 Å². The van der Waals surface area contributed by atoms with Gasteiger partial charge in [-0.3, -0.25) is 9.59 Å². The zero-order chi connectivity index (χ0) is 24.8. The molecular weight excluding hydrogens is 468 g/mol. The molecule has 2 heterocycles. The number of nitrogens with zero attached hydrogens (tertiary/aromatic N) is 3. The monoisotopic (exact) mass is 492 g/mol. The van der Waals surface area contributed by atoms with E-state index in [0.29, 0.717) is 5.56 Å². The van der Waals surface area contributed by atoms with Crippen molar-refractivity contribution < 1.29 is 22.4 Å². The van der Waals surface area contributed by atoms with Crippen LogP contribution in [0, 0.1) is 11.3 Å². The predicted octanol–water partition coefficient (Wildman–Crippen LogP) is 2.03. The molecule has 0 bridgehead atoms. The maximum atomic E-state index is 13.4. The molecule has 0 spiro atoms. The van der Waals surface area contributed by atoms with E-state index in [2.05, 4.69) is 5.32 Å². The smallest absolute Gasteiger partial charge is 0.287 e. The van der Waals surface area contributed by atoms with Gasteiger partial charge in [-0.15, -0.1) is 0 Å². The van der Waals surface area contributed by atoms with Crippen LogP contribution in [0.5, 0.6) is 0 Å². The summed E-state index contributed by atoms with van der Waals surface area (Å²) >= 11 is 0. The van der Waals surface area contributed by atoms with Crippen LogP contribution in [-0.4, -0.2) is 61.7 Å². The van der Waals surface area contributed by atoms with Crippen molar-refractivity contribution >= 4 is 21.8 Å². The Morgan fingerprint density at radius 2 is 1.66 bits per heavy atom. The lowest BCUT2D eigenvalue weighted by atomic mass is 10.0. The summed E-state index contributed by atoms with van der Waals surface area (Å²) in [6.07, 6.45) is 1.67. The highest BCUT2D eigenvalue weighted by molar-refractivity contribution is 7.89. The van der Waals surface area contributed by atoms with Gasteiger partial charge in [0.15, 0.2) is 5.76 Å². The van der Waals surface area contributed by atoms with E-state index in [4.69, 9.17) is 9.68 Å². The van der Waals surface area contributed by atoms with Gasteiger partial charge in [-0.05, 0) is 42.0 Å². The van der Waals surface area contributed by atoms with Crippen LogP contribution >= 0.6 is 0 Å². The molecule has 0 radical (unpaired) electrons. The quantitative estimate of drug-likeness (QED) is 0.538. The third kappa shape index (κ3) is 5.59. The van der Waals surface area contributed by atoms with Crippen molar-refractivity contribution in [3.05, 3.63) is 89.9 Å². The van der Waals surface area contributed by atoms with Gasteiger partial charge >= 0.3 is 0 Å². The van der Waals surface area contributed by atoms with Crippen molar-refractivity contribution in [3.63, 3.8) is 0 Å². The van der Waals surface area contributed by atoms with Gasteiger partial charge in [0.25, 0.3) is 5.91 Å². The Balaban J connectivity index is 1.45. The molecule has 1 fully saturated rings. The van der Waals surface area contributed by atoms with Crippen LogP contribution in [0.2, 0.25) is 0 Å². The van der Waals surface area contributed by atoms with Crippen LogP contribution in [0.1, 0.15) is 21.7 Å². The summed E-state index contributed by atoms with van der Waals surface area (Å²) in [5.74, 6) is -0.676. The van der Waals surface area contributed by atoms with Crippen LogP contribution in [0.3, 0.4) is 0 Å². The van der Waals surface area contributed by atoms with Crippen molar-refractivity contribution in [2.24, 2.45) is 0 Å². The summed E-state index contributed by atoms with van der Waals surface area (Å²) in [5, 5.41) is 11.7. The van der Waals surface area contributed by atoms with Crippen LogP contribution in [0.15, 0.2) is 82.3 Å². The van der Waals surface area contributed by atoms with Gasteiger partial charge in [0.1, 0.15) is 6.04 Å². The van der Waals surface area contributed by atoms with Gasteiger partial charge < -0.3 is 14.6 Å². The molecule has 10 heteroatoms. The minimum Gasteiger partial charge on any atom is -0.459 e. The lowest BCUT2D eigenvalue weighted by Gasteiger charge is -2.36. The molecule has 2 amide bonds. The fourth-order valence-electron chi connectivity index (χ4n) is 3.91. The molecule has 0 unspecified atom stereocenters. The first-order valence-electron chi connectivity index (χ1n) is 11.1. The number of carbonyl (C=O) groups is 2. The van der Waals surface area contributed by atoms with E-state index in [9.17, 15) is 18.0 Å². The molecule has 0 aliphatic carbocycles. The van der Waals surface area contributed by atoms with Crippen molar-refractivity contribution in [3.8, 4) is 6.07 Å². The number of hydrogen-bond donors (Lipinski definition) is 1. The molecule has 180 valence electrons. The number of sulfonamides is 1. The molecule has 1 aromatic heterocycles. The van der Waals surface area contributed by atoms with Crippen LogP contribution in [0.25, 0.3) is 0 Å². The number of nitriles is 1. The zero-order valence-corrected chi connectivity index (χ0v) is 19.6. The predicted molar refractivity (Wildman–Crippen MR) is 127 cm³/mol. The first-order chi connectivity index (χ1) is 16.9. The Bertz CT molecular complexity index is 1310. The topological polar surface area (TPSA) is 124 Å². The minimum absolute atomic E-state index is 0.101. The van der Waals surface area contributed by atoms with E-state index in [0.717, 1.165) is 5.56 Å². The molecule has 3 aromatic rings. The highest BCUT2D eigenvalue weighted by Crippen LogP contribution is 2.19. The fraction of sp³-hybridized carbons (Fsp3) is 0.240. The average Bonchev–Trinajstić information content (AvgIpc) is 3.44. The number of carbonyl (C=O) groups excluding carboxylic acids is 2. The van der Waals surface area contributed by atoms with E-state index in [1.54, 1.807) is 11.0 Å². The van der Waals surface area contributed by atoms with Gasteiger partial charge in [0.2, 0.25) is 15.9 Å². The highest BCUT2D eigenvalue weighted by Gasteiger charge is 2.33. The van der Waals surface area contributed by atoms with E-state index >= 15 is 0 Å². The molecule has 1 atom stereocenters. The molecule has 35 heavy (non-hydrogen) atoms. The van der Waals surface area contributed by atoms with Gasteiger partial charge in [-0.2, -0.15) is 9.57 Å². The Kier molecular flexibility index (Phi) is 7.29. The molecule has 4 rings (SSSR count). The molecule has 1 N–H and O–H groups in total. The van der Waals surface area contributed by atoms with Crippen molar-refractivity contribution in [1.82, 2.24) is 14.5 Å². The average molecular weight is 493 g/mol. The summed E-state index contributed by atoms with van der Waals surface area (Å²) in [6, 6.07) is 19.3. The molecule has 9 nitrogen and oxygen atoms in total. The van der Waals surface area contributed by atoms with Crippen molar-refractivity contribution in [1.29, 1.82) is 5.26 Å². The largest absolute Gasteiger partial charge is 0.459 e. The number of nitrogens with one attached hydrogen (secondary N) is 1. The highest BCUT2D eigenvalue weighted by atomic mass is 32.2. The summed E-state index contributed by atoms with van der Waals surface area (Å²) in [5.41, 5.74) is 1.26. The Morgan fingerprint density at radius 1 is 0.971 bits per heavy atom. The number of benzene rings is 2. The summed E-state index contributed by atoms with van der Waals surface area (Å²) in [4.78, 5) is 27.7. The van der Waals surface area contributed by atoms with E-state index in [-0.39, 0.29) is 49.2 Å². The summed E-state index contributed by atoms with van der Waals surface area (Å²) in [6.45, 7) is 0.628. The van der Waals surface area contributed by atoms with Gasteiger partial charge in [-0.25, -0.2) is 8.42 Å². The molecule has 1 aliphatic rings. The van der Waals surface area contributed by atoms with E-state index < -0.39 is 22.0 Å². The number of amides is 2. The maximum absolute atomic E-state index is 13.4. The van der Waals surface area contributed by atoms with Crippen molar-refractivity contribution in [2.75, 3.05) is 26.2 Å². The number of hydrogen-bond acceptors (Lipinski definition) is 6. The molecule has 1 aliphatic heterocycles. The Labute approximate surface area is 203 Å². The lowest BCUT2D eigenvalue weighted by molar-refractivity contribution is -0.134. The fourth-order valence-corrected chi connectivity index (χ4v) is 5.33. The second-order valence-corrected chi connectivity index (χ2v) is 10.00. The van der Waals surface area contributed by atoms with Crippen LogP contribution < -0.4 is 5.32 Å². The number of rotatable bonds is 7. The number of piperazine rings is 1. The third-order valence-corrected chi connectivity index (χ3v) is 7.72. The molecule has 0 saturated carbocycles. The lowest BCUT2D eigenvalue weighted by Crippen LogP contribution is -2.56. The van der Waals surface area contributed by atoms with Crippen molar-refractivity contribution in [2.45, 2.75) is 17.4 Å². The molecular formula is C25H24N4O5S. The minimum atomic E-state index is -3.75. The van der Waals surface area contributed by atoms with Crippen LogP contribution in [0.4, 0.5) is 0 Å². The third-order valence-electron chi connectivity index (χ3n) is 5.80. The first-order valence-corrected chi connectivity index (χ1v) is 12.5. The normalized spacial score (nSPS) is 15.2. The van der Waals surface area contributed by atoms with Gasteiger partial charge in [0.05, 0.1) is 22.8 Å². The standard InChI is InChI=1S/C25H24N4O5S/c26-18-20-8-10-21(11-9-20)35(32,33)29-14-12-28(13-15-29)25(31)22(17-19-5-2-1-3-6-19)27-24(30)23-7-4-16-34-23/h1-11,16,22H,12-15,17H2,(H,27,30)/t22-/m1/s1. The van der Waals surface area contributed by atoms with E-state index in [1.807, 2.05) is 36.4 Å². The second-order valence-electron chi connectivity index (χ2n) is 8.06. The maximum Gasteiger partial charge on any atom is 0.287 e. The molecule has 1 saturated heterocycles. The van der Waals surface area contributed by atoms with Gasteiger partial charge in [0, 0.05) is 32.6 Å². The summed E-state index contributed by atoms with van der Waals surface area (Å²) < 4.78 is 32.5. The SMILES string of the molecule is N#Cc1ccc(S(=O)(=O)N2CCN(C(=O)[C@@H](Cc3ccccc3)NC(=O)c3ccco3)CC2)cc1.